The van der Waals surface area contributed by atoms with Gasteiger partial charge in [-0.1, -0.05) is 11.2 Å². The number of aromatic nitrogens is 4. The molecule has 0 unspecified atom stereocenters. The quantitative estimate of drug-likeness (QED) is 0.758. The largest absolute Gasteiger partial charge is 0.366 e. The standard InChI is InChI=1S/C19H22N6O/c1-14-22-19(26-24-14)15-7-8-18(21-11-15)23-17-6-4-10-25(13-17)12-16-5-2-3-9-20-16/h2-3,5,7-9,11,17H,4,6,10,12-13H2,1H3,(H,21,23)/t17-/m0/s1. The summed E-state index contributed by atoms with van der Waals surface area (Å²) in [5.74, 6) is 1.99. The number of hydrogen-bond donors (Lipinski definition) is 1. The van der Waals surface area contributed by atoms with Crippen molar-refractivity contribution in [1.82, 2.24) is 25.0 Å². The molecule has 1 aliphatic rings. The molecular formula is C19H22N6O. The van der Waals surface area contributed by atoms with E-state index in [2.05, 4.69) is 36.4 Å². The Labute approximate surface area is 152 Å². The van der Waals surface area contributed by atoms with Crippen LogP contribution in [0.5, 0.6) is 0 Å². The highest BCUT2D eigenvalue weighted by molar-refractivity contribution is 5.54. The topological polar surface area (TPSA) is 80.0 Å². The average Bonchev–Trinajstić information content (AvgIpc) is 3.10. The maximum atomic E-state index is 5.18. The van der Waals surface area contributed by atoms with Crippen molar-refractivity contribution in [3.05, 3.63) is 54.2 Å². The molecule has 1 N–H and O–H groups in total. The van der Waals surface area contributed by atoms with Crippen LogP contribution in [0.4, 0.5) is 5.82 Å². The summed E-state index contributed by atoms with van der Waals surface area (Å²) in [5.41, 5.74) is 1.95. The van der Waals surface area contributed by atoms with E-state index in [1.807, 2.05) is 30.5 Å². The number of rotatable bonds is 5. The molecule has 0 bridgehead atoms. The highest BCUT2D eigenvalue weighted by Crippen LogP contribution is 2.20. The van der Waals surface area contributed by atoms with Crippen LogP contribution < -0.4 is 5.32 Å². The lowest BCUT2D eigenvalue weighted by Gasteiger charge is -2.33. The van der Waals surface area contributed by atoms with Crippen LogP contribution in [0, 0.1) is 6.92 Å². The molecule has 1 atom stereocenters. The summed E-state index contributed by atoms with van der Waals surface area (Å²) in [6, 6.07) is 10.4. The van der Waals surface area contributed by atoms with Gasteiger partial charge in [0, 0.05) is 31.5 Å². The molecule has 7 nitrogen and oxygen atoms in total. The Balaban J connectivity index is 1.36. The second-order valence-corrected chi connectivity index (χ2v) is 6.62. The van der Waals surface area contributed by atoms with Crippen LogP contribution in [0.3, 0.4) is 0 Å². The van der Waals surface area contributed by atoms with Gasteiger partial charge in [0.05, 0.1) is 11.3 Å². The molecule has 4 heterocycles. The molecule has 1 fully saturated rings. The van der Waals surface area contributed by atoms with E-state index in [9.17, 15) is 0 Å². The molecular weight excluding hydrogens is 328 g/mol. The molecule has 4 rings (SSSR count). The number of piperidine rings is 1. The summed E-state index contributed by atoms with van der Waals surface area (Å²) in [4.78, 5) is 15.6. The van der Waals surface area contributed by atoms with E-state index in [4.69, 9.17) is 4.52 Å². The van der Waals surface area contributed by atoms with Gasteiger partial charge < -0.3 is 9.84 Å². The predicted octanol–water partition coefficient (Wildman–Crippen LogP) is 2.91. The van der Waals surface area contributed by atoms with Crippen LogP contribution in [0.1, 0.15) is 24.4 Å². The molecule has 0 saturated carbocycles. The van der Waals surface area contributed by atoms with Crippen LogP contribution in [0.2, 0.25) is 0 Å². The minimum atomic E-state index is 0.386. The average molecular weight is 350 g/mol. The smallest absolute Gasteiger partial charge is 0.259 e. The van der Waals surface area contributed by atoms with E-state index >= 15 is 0 Å². The van der Waals surface area contributed by atoms with E-state index in [1.165, 1.54) is 6.42 Å². The number of nitrogens with zero attached hydrogens (tertiary/aromatic N) is 5. The Bertz CT molecular complexity index is 833. The second kappa shape index (κ2) is 7.61. The molecule has 0 spiro atoms. The second-order valence-electron chi connectivity index (χ2n) is 6.62. The van der Waals surface area contributed by atoms with Crippen molar-refractivity contribution in [2.24, 2.45) is 0 Å². The number of likely N-dealkylation sites (tertiary alicyclic amines) is 1. The third-order valence-electron chi connectivity index (χ3n) is 4.51. The molecule has 1 saturated heterocycles. The normalized spacial score (nSPS) is 18.0. The highest BCUT2D eigenvalue weighted by Gasteiger charge is 2.20. The first kappa shape index (κ1) is 16.7. The summed E-state index contributed by atoms with van der Waals surface area (Å²) in [5, 5.41) is 7.35. The summed E-state index contributed by atoms with van der Waals surface area (Å²) >= 11 is 0. The molecule has 7 heteroatoms. The number of anilines is 1. The van der Waals surface area contributed by atoms with Gasteiger partial charge in [0.1, 0.15) is 5.82 Å². The number of nitrogens with one attached hydrogen (secondary N) is 1. The van der Waals surface area contributed by atoms with Gasteiger partial charge in [0.2, 0.25) is 0 Å². The van der Waals surface area contributed by atoms with Crippen molar-refractivity contribution in [3.63, 3.8) is 0 Å². The fourth-order valence-corrected chi connectivity index (χ4v) is 3.27. The fourth-order valence-electron chi connectivity index (χ4n) is 3.27. The van der Waals surface area contributed by atoms with Crippen LogP contribution in [-0.4, -0.2) is 44.1 Å². The molecule has 134 valence electrons. The van der Waals surface area contributed by atoms with Crippen LogP contribution in [-0.2, 0) is 6.54 Å². The third-order valence-corrected chi connectivity index (χ3v) is 4.51. The first-order valence-corrected chi connectivity index (χ1v) is 8.92. The zero-order chi connectivity index (χ0) is 17.8. The Morgan fingerprint density at radius 2 is 2.19 bits per heavy atom. The summed E-state index contributed by atoms with van der Waals surface area (Å²) in [6.45, 7) is 4.79. The van der Waals surface area contributed by atoms with Gasteiger partial charge in [-0.25, -0.2) is 4.98 Å². The van der Waals surface area contributed by atoms with Crippen molar-refractivity contribution in [1.29, 1.82) is 0 Å². The summed E-state index contributed by atoms with van der Waals surface area (Å²) in [7, 11) is 0. The number of aryl methyl sites for hydroxylation is 1. The Hall–Kier alpha value is -2.80. The van der Waals surface area contributed by atoms with E-state index in [1.54, 1.807) is 13.1 Å². The molecule has 1 aliphatic heterocycles. The predicted molar refractivity (Wildman–Crippen MR) is 98.4 cm³/mol. The molecule has 0 amide bonds. The van der Waals surface area contributed by atoms with Crippen LogP contribution in [0.25, 0.3) is 11.5 Å². The summed E-state index contributed by atoms with van der Waals surface area (Å²) in [6.07, 6.45) is 5.93. The molecule has 3 aromatic heterocycles. The van der Waals surface area contributed by atoms with Gasteiger partial charge in [0.25, 0.3) is 5.89 Å². The van der Waals surface area contributed by atoms with Crippen molar-refractivity contribution in [3.8, 4) is 11.5 Å². The molecule has 26 heavy (non-hydrogen) atoms. The minimum Gasteiger partial charge on any atom is -0.366 e. The number of hydrogen-bond acceptors (Lipinski definition) is 7. The Morgan fingerprint density at radius 3 is 2.92 bits per heavy atom. The zero-order valence-corrected chi connectivity index (χ0v) is 14.8. The van der Waals surface area contributed by atoms with Gasteiger partial charge in [0.15, 0.2) is 5.82 Å². The van der Waals surface area contributed by atoms with E-state index < -0.39 is 0 Å². The van der Waals surface area contributed by atoms with Crippen LogP contribution >= 0.6 is 0 Å². The van der Waals surface area contributed by atoms with Gasteiger partial charge in [-0.05, 0) is 50.6 Å². The lowest BCUT2D eigenvalue weighted by atomic mass is 10.1. The lowest BCUT2D eigenvalue weighted by molar-refractivity contribution is 0.206. The minimum absolute atomic E-state index is 0.386. The zero-order valence-electron chi connectivity index (χ0n) is 14.8. The Morgan fingerprint density at radius 1 is 1.23 bits per heavy atom. The van der Waals surface area contributed by atoms with Gasteiger partial charge in [-0.3, -0.25) is 9.88 Å². The van der Waals surface area contributed by atoms with Crippen molar-refractivity contribution >= 4 is 5.82 Å². The first-order chi connectivity index (χ1) is 12.8. The van der Waals surface area contributed by atoms with Crippen molar-refractivity contribution in [2.75, 3.05) is 18.4 Å². The maximum Gasteiger partial charge on any atom is 0.259 e. The van der Waals surface area contributed by atoms with Crippen molar-refractivity contribution < 1.29 is 4.52 Å². The van der Waals surface area contributed by atoms with Gasteiger partial charge >= 0.3 is 0 Å². The van der Waals surface area contributed by atoms with E-state index in [0.717, 1.165) is 43.1 Å². The van der Waals surface area contributed by atoms with Gasteiger partial charge in [-0.15, -0.1) is 0 Å². The molecule has 0 aliphatic carbocycles. The third kappa shape index (κ3) is 4.05. The Kier molecular flexibility index (Phi) is 4.88. The monoisotopic (exact) mass is 350 g/mol. The van der Waals surface area contributed by atoms with Gasteiger partial charge in [-0.2, -0.15) is 4.98 Å². The molecule has 0 aromatic carbocycles. The SMILES string of the molecule is Cc1noc(-c2ccc(N[C@H]3CCCN(Cc4ccccn4)C3)nc2)n1. The highest BCUT2D eigenvalue weighted by atomic mass is 16.5. The molecule has 3 aromatic rings. The summed E-state index contributed by atoms with van der Waals surface area (Å²) < 4.78 is 5.18. The van der Waals surface area contributed by atoms with E-state index in [-0.39, 0.29) is 0 Å². The maximum absolute atomic E-state index is 5.18. The van der Waals surface area contributed by atoms with Crippen molar-refractivity contribution in [2.45, 2.75) is 32.4 Å². The molecule has 0 radical (unpaired) electrons. The first-order valence-electron chi connectivity index (χ1n) is 8.92. The lowest BCUT2D eigenvalue weighted by Crippen LogP contribution is -2.41. The fraction of sp³-hybridized carbons (Fsp3) is 0.368. The number of pyridine rings is 2. The van der Waals surface area contributed by atoms with E-state index in [0.29, 0.717) is 17.8 Å². The van der Waals surface area contributed by atoms with Crippen LogP contribution in [0.15, 0.2) is 47.2 Å².